The van der Waals surface area contributed by atoms with Crippen molar-refractivity contribution in [1.82, 2.24) is 25.1 Å². The fourth-order valence-electron chi connectivity index (χ4n) is 3.57. The van der Waals surface area contributed by atoms with Crippen molar-refractivity contribution < 1.29 is 22.5 Å². The average Bonchev–Trinajstić information content (AvgIpc) is 3.57. The van der Waals surface area contributed by atoms with E-state index in [0.29, 0.717) is 39.9 Å². The summed E-state index contributed by atoms with van der Waals surface area (Å²) in [6.45, 7) is 0. The molecule has 34 heavy (non-hydrogen) atoms. The number of hydrogen-bond acceptors (Lipinski definition) is 7. The van der Waals surface area contributed by atoms with Crippen molar-refractivity contribution in [2.45, 2.75) is 25.4 Å². The number of H-pyrrole nitrogens is 1. The van der Waals surface area contributed by atoms with Gasteiger partial charge in [-0.3, -0.25) is 4.79 Å². The molecule has 0 unspecified atom stereocenters. The number of aromatic nitrogens is 5. The van der Waals surface area contributed by atoms with E-state index in [0.717, 1.165) is 12.1 Å². The molecular weight excluding hydrogens is 473 g/mol. The van der Waals surface area contributed by atoms with Gasteiger partial charge in [-0.25, -0.2) is 19.9 Å². The Balaban J connectivity index is 1.26. The van der Waals surface area contributed by atoms with Crippen LogP contribution in [0.4, 0.5) is 18.9 Å². The number of carbonyl (C=O) groups excluding carboxylic acids is 1. The maximum atomic E-state index is 13.0. The van der Waals surface area contributed by atoms with Gasteiger partial charge in [0.15, 0.2) is 17.4 Å². The van der Waals surface area contributed by atoms with E-state index in [1.165, 1.54) is 12.4 Å². The molecule has 3 aromatic heterocycles. The Labute approximate surface area is 194 Å². The number of hydrogen-bond donors (Lipinski definition) is 1. The minimum atomic E-state index is -4.42. The number of ketones is 1. The summed E-state index contributed by atoms with van der Waals surface area (Å²) < 4.78 is 44.2. The Morgan fingerprint density at radius 1 is 1.18 bits per heavy atom. The largest absolute Gasteiger partial charge is 0.416 e. The van der Waals surface area contributed by atoms with E-state index in [2.05, 4.69) is 30.1 Å². The molecule has 1 aromatic carbocycles. The Hall–Kier alpha value is -3.86. The average molecular weight is 487 g/mol. The predicted octanol–water partition coefficient (Wildman–Crippen LogP) is 5.02. The van der Waals surface area contributed by atoms with Gasteiger partial charge in [0, 0.05) is 37.7 Å². The number of aryl methyl sites for hydroxylation is 1. The highest BCUT2D eigenvalue weighted by Gasteiger charge is 2.32. The normalized spacial score (nSPS) is 13.1. The van der Waals surface area contributed by atoms with Crippen LogP contribution in [0.25, 0.3) is 11.5 Å². The zero-order valence-corrected chi connectivity index (χ0v) is 18.0. The highest BCUT2D eigenvalue weighted by Crippen LogP contribution is 2.36. The lowest BCUT2D eigenvalue weighted by Crippen LogP contribution is -2.07. The van der Waals surface area contributed by atoms with Crippen molar-refractivity contribution in [3.8, 4) is 11.5 Å². The third-order valence-corrected chi connectivity index (χ3v) is 5.61. The van der Waals surface area contributed by atoms with Crippen molar-refractivity contribution in [2.75, 3.05) is 0 Å². The van der Waals surface area contributed by atoms with Gasteiger partial charge in [0.2, 0.25) is 0 Å². The minimum Gasteiger partial charge on any atom is -0.355 e. The Kier molecular flexibility index (Phi) is 5.48. The number of nitrogens with zero attached hydrogens (tertiary/aromatic N) is 5. The van der Waals surface area contributed by atoms with E-state index in [-0.39, 0.29) is 35.8 Å². The van der Waals surface area contributed by atoms with Crippen molar-refractivity contribution in [3.05, 3.63) is 76.3 Å². The first-order valence-corrected chi connectivity index (χ1v) is 10.4. The van der Waals surface area contributed by atoms with Gasteiger partial charge >= 0.3 is 6.18 Å². The summed E-state index contributed by atoms with van der Waals surface area (Å²) in [4.78, 5) is 32.1. The molecule has 0 amide bonds. The van der Waals surface area contributed by atoms with E-state index < -0.39 is 11.7 Å². The second-order valence-electron chi connectivity index (χ2n) is 7.50. The molecule has 0 saturated carbocycles. The standard InChI is InChI=1S/C22H14ClF3N6O2/c23-18-19(29-10-30-20(18)21-27-5-6-28-21)16(33)4-2-13-9-17(34-32-13)15-8-11-7-12(22(24,25)26)1-3-14(11)31-15/h1,3,5-7,9-10H,2,4,8H2,(H,27,28). The third-order valence-electron chi connectivity index (χ3n) is 5.25. The summed E-state index contributed by atoms with van der Waals surface area (Å²) in [5, 5.41) is 4.05. The number of fused-ring (bicyclic) bond motifs is 1. The molecule has 0 bridgehead atoms. The summed E-state index contributed by atoms with van der Waals surface area (Å²) >= 11 is 6.32. The number of carbonyl (C=O) groups is 1. The lowest BCUT2D eigenvalue weighted by atomic mass is 10.0. The summed E-state index contributed by atoms with van der Waals surface area (Å²) in [6.07, 6.45) is 0.470. The summed E-state index contributed by atoms with van der Waals surface area (Å²) in [7, 11) is 0. The molecule has 0 aliphatic carbocycles. The van der Waals surface area contributed by atoms with Crippen LogP contribution in [-0.4, -0.2) is 36.6 Å². The second kappa shape index (κ2) is 8.49. The van der Waals surface area contributed by atoms with Gasteiger partial charge in [-0.05, 0) is 23.8 Å². The van der Waals surface area contributed by atoms with Gasteiger partial charge in [0.1, 0.15) is 17.7 Å². The fraction of sp³-hybridized carbons (Fsp3) is 0.182. The molecule has 0 radical (unpaired) electrons. The SMILES string of the molecule is O=C(CCc1cc(C2=Nc3ccc(C(F)(F)F)cc3C2)on1)c1ncnc(-c2ncc[nH]2)c1Cl. The first-order chi connectivity index (χ1) is 16.3. The number of rotatable bonds is 6. The predicted molar refractivity (Wildman–Crippen MR) is 115 cm³/mol. The van der Waals surface area contributed by atoms with Gasteiger partial charge in [-0.1, -0.05) is 16.8 Å². The molecule has 1 aliphatic rings. The van der Waals surface area contributed by atoms with Crippen molar-refractivity contribution in [1.29, 1.82) is 0 Å². The topological polar surface area (TPSA) is 110 Å². The van der Waals surface area contributed by atoms with Gasteiger partial charge in [-0.15, -0.1) is 0 Å². The van der Waals surface area contributed by atoms with Crippen LogP contribution in [0.3, 0.4) is 0 Å². The zero-order valence-electron chi connectivity index (χ0n) is 17.2. The molecule has 1 aliphatic heterocycles. The monoisotopic (exact) mass is 486 g/mol. The van der Waals surface area contributed by atoms with Crippen LogP contribution >= 0.6 is 11.6 Å². The minimum absolute atomic E-state index is 0.0575. The van der Waals surface area contributed by atoms with Crippen LogP contribution in [0.1, 0.15) is 39.5 Å². The Morgan fingerprint density at radius 2 is 2.03 bits per heavy atom. The van der Waals surface area contributed by atoms with Crippen molar-refractivity contribution in [3.63, 3.8) is 0 Å². The first-order valence-electron chi connectivity index (χ1n) is 10.1. The number of aliphatic imine (C=N–C) groups is 1. The molecule has 4 heterocycles. The lowest BCUT2D eigenvalue weighted by Gasteiger charge is -2.07. The molecule has 8 nitrogen and oxygen atoms in total. The molecule has 172 valence electrons. The highest BCUT2D eigenvalue weighted by atomic mass is 35.5. The number of aromatic amines is 1. The molecule has 5 rings (SSSR count). The summed E-state index contributed by atoms with van der Waals surface area (Å²) in [6, 6.07) is 5.05. The molecule has 0 spiro atoms. The van der Waals surface area contributed by atoms with Crippen LogP contribution < -0.4 is 0 Å². The van der Waals surface area contributed by atoms with Crippen LogP contribution in [0.5, 0.6) is 0 Å². The maximum Gasteiger partial charge on any atom is 0.416 e. The van der Waals surface area contributed by atoms with E-state index in [1.54, 1.807) is 18.5 Å². The van der Waals surface area contributed by atoms with Crippen LogP contribution in [0, 0.1) is 0 Å². The van der Waals surface area contributed by atoms with E-state index >= 15 is 0 Å². The number of alkyl halides is 3. The molecule has 0 fully saturated rings. The molecular formula is C22H14ClF3N6O2. The maximum absolute atomic E-state index is 13.0. The molecule has 1 N–H and O–H groups in total. The van der Waals surface area contributed by atoms with E-state index in [1.807, 2.05) is 0 Å². The Morgan fingerprint density at radius 3 is 2.79 bits per heavy atom. The number of imidazole rings is 1. The first kappa shape index (κ1) is 22.0. The molecule has 12 heteroatoms. The Bertz CT molecular complexity index is 1410. The lowest BCUT2D eigenvalue weighted by molar-refractivity contribution is -0.137. The van der Waals surface area contributed by atoms with Crippen LogP contribution in [-0.2, 0) is 19.0 Å². The van der Waals surface area contributed by atoms with Crippen molar-refractivity contribution >= 4 is 28.8 Å². The summed E-state index contributed by atoms with van der Waals surface area (Å²) in [5.74, 6) is 0.450. The third kappa shape index (κ3) is 4.21. The smallest absolute Gasteiger partial charge is 0.355 e. The van der Waals surface area contributed by atoms with Gasteiger partial charge in [0.25, 0.3) is 0 Å². The van der Waals surface area contributed by atoms with Gasteiger partial charge in [0.05, 0.1) is 27.7 Å². The number of benzene rings is 1. The van der Waals surface area contributed by atoms with E-state index in [9.17, 15) is 18.0 Å². The molecule has 0 atom stereocenters. The number of halogens is 4. The summed E-state index contributed by atoms with van der Waals surface area (Å²) in [5.41, 5.74) is 1.56. The zero-order chi connectivity index (χ0) is 23.9. The number of Topliss-reactive ketones (excluding diaryl/α,β-unsaturated/α-hetero) is 1. The molecule has 0 saturated heterocycles. The van der Waals surface area contributed by atoms with Crippen molar-refractivity contribution in [2.24, 2.45) is 4.99 Å². The highest BCUT2D eigenvalue weighted by molar-refractivity contribution is 6.35. The number of nitrogens with one attached hydrogen (secondary N) is 1. The van der Waals surface area contributed by atoms with Crippen LogP contribution in [0.2, 0.25) is 5.02 Å². The van der Waals surface area contributed by atoms with Gasteiger partial charge < -0.3 is 9.51 Å². The van der Waals surface area contributed by atoms with Crippen LogP contribution in [0.15, 0.2) is 52.5 Å². The quantitative estimate of drug-likeness (QED) is 0.383. The van der Waals surface area contributed by atoms with E-state index in [4.69, 9.17) is 16.1 Å². The molecule has 4 aromatic rings. The van der Waals surface area contributed by atoms with Gasteiger partial charge in [-0.2, -0.15) is 13.2 Å². The fourth-order valence-corrected chi connectivity index (χ4v) is 3.86. The second-order valence-corrected chi connectivity index (χ2v) is 7.88.